The number of carbonyl (C=O) groups is 1. The van der Waals surface area contributed by atoms with Gasteiger partial charge in [0.1, 0.15) is 0 Å². The Balaban J connectivity index is 1.72. The average Bonchev–Trinajstić information content (AvgIpc) is 3.04. The van der Waals surface area contributed by atoms with Crippen LogP contribution in [-0.2, 0) is 9.53 Å². The van der Waals surface area contributed by atoms with Crippen LogP contribution in [0.5, 0.6) is 0 Å². The lowest BCUT2D eigenvalue weighted by molar-refractivity contribution is -0.137. The number of aliphatic hydroxyl groups excluding tert-OH is 1. The van der Waals surface area contributed by atoms with E-state index in [4.69, 9.17) is 14.9 Å². The van der Waals surface area contributed by atoms with Crippen LogP contribution in [0.2, 0.25) is 0 Å². The Morgan fingerprint density at radius 2 is 1.86 bits per heavy atom. The van der Waals surface area contributed by atoms with Crippen LogP contribution >= 0.6 is 0 Å². The van der Waals surface area contributed by atoms with Gasteiger partial charge in [0.05, 0.1) is 12.2 Å². The lowest BCUT2D eigenvalue weighted by atomic mass is 9.75. The number of carboxylic acid groups (broad SMARTS) is 1. The van der Waals surface area contributed by atoms with Gasteiger partial charge in [0.2, 0.25) is 0 Å². The zero-order valence-electron chi connectivity index (χ0n) is 12.7. The summed E-state index contributed by atoms with van der Waals surface area (Å²) >= 11 is 0. The smallest absolute Gasteiger partial charge is 0.303 e. The Bertz CT molecular complexity index is 353. The van der Waals surface area contributed by atoms with Gasteiger partial charge in [0, 0.05) is 13.0 Å². The third-order valence-corrected chi connectivity index (χ3v) is 4.87. The van der Waals surface area contributed by atoms with Crippen molar-refractivity contribution >= 4 is 5.97 Å². The first-order chi connectivity index (χ1) is 10.2. The van der Waals surface area contributed by atoms with Gasteiger partial charge < -0.3 is 14.9 Å². The van der Waals surface area contributed by atoms with Gasteiger partial charge in [-0.25, -0.2) is 0 Å². The summed E-state index contributed by atoms with van der Waals surface area (Å²) in [5.41, 5.74) is 0. The predicted octanol–water partition coefficient (Wildman–Crippen LogP) is 3.14. The zero-order valence-corrected chi connectivity index (χ0v) is 12.7. The van der Waals surface area contributed by atoms with E-state index in [1.54, 1.807) is 0 Å². The molecule has 4 atom stereocenters. The summed E-state index contributed by atoms with van der Waals surface area (Å²) in [6.07, 6.45) is 13.6. The van der Waals surface area contributed by atoms with E-state index in [0.29, 0.717) is 24.0 Å². The molecule has 2 aliphatic rings. The predicted molar refractivity (Wildman–Crippen MR) is 81.1 cm³/mol. The molecule has 2 rings (SSSR count). The highest BCUT2D eigenvalue weighted by Crippen LogP contribution is 2.47. The van der Waals surface area contributed by atoms with Crippen LogP contribution in [0.4, 0.5) is 0 Å². The lowest BCUT2D eigenvalue weighted by Crippen LogP contribution is -2.26. The van der Waals surface area contributed by atoms with Crippen molar-refractivity contribution in [3.05, 3.63) is 12.2 Å². The van der Waals surface area contributed by atoms with Gasteiger partial charge in [-0.15, -0.1) is 0 Å². The molecule has 0 spiro atoms. The van der Waals surface area contributed by atoms with Gasteiger partial charge in [-0.2, -0.15) is 0 Å². The minimum atomic E-state index is -0.714. The second-order valence-corrected chi connectivity index (χ2v) is 6.33. The normalized spacial score (nSPS) is 31.3. The number of fused-ring (bicyclic) bond motifs is 2. The van der Waals surface area contributed by atoms with Gasteiger partial charge in [-0.05, 0) is 56.8 Å². The SMILES string of the molecule is O=C(O)CCCC=CC[C@H]1[C@@H](CCCCO)[C@H]2CC[C@@H]1O2. The number of aliphatic hydroxyl groups is 1. The molecule has 2 N–H and O–H groups in total. The Morgan fingerprint density at radius 3 is 2.57 bits per heavy atom. The first-order valence-electron chi connectivity index (χ1n) is 8.35. The second kappa shape index (κ2) is 8.54. The molecule has 0 aliphatic carbocycles. The summed E-state index contributed by atoms with van der Waals surface area (Å²) in [6.45, 7) is 0.288. The Morgan fingerprint density at radius 1 is 1.10 bits per heavy atom. The molecule has 4 nitrogen and oxygen atoms in total. The highest BCUT2D eigenvalue weighted by Gasteiger charge is 2.47. The van der Waals surface area contributed by atoms with E-state index in [-0.39, 0.29) is 13.0 Å². The molecule has 0 aromatic rings. The highest BCUT2D eigenvalue weighted by atomic mass is 16.5. The van der Waals surface area contributed by atoms with E-state index in [0.717, 1.165) is 32.1 Å². The number of hydrogen-bond acceptors (Lipinski definition) is 3. The molecule has 2 bridgehead atoms. The summed E-state index contributed by atoms with van der Waals surface area (Å²) in [5, 5.41) is 17.5. The molecule has 0 unspecified atom stereocenters. The van der Waals surface area contributed by atoms with Crippen LogP contribution < -0.4 is 0 Å². The maximum absolute atomic E-state index is 10.4. The van der Waals surface area contributed by atoms with Gasteiger partial charge >= 0.3 is 5.97 Å². The monoisotopic (exact) mass is 296 g/mol. The van der Waals surface area contributed by atoms with Gasteiger partial charge in [-0.3, -0.25) is 4.79 Å². The minimum absolute atomic E-state index is 0.255. The first kappa shape index (κ1) is 16.5. The molecule has 0 amide bonds. The van der Waals surface area contributed by atoms with Crippen molar-refractivity contribution < 1.29 is 19.7 Å². The second-order valence-electron chi connectivity index (χ2n) is 6.33. The fourth-order valence-corrected chi connectivity index (χ4v) is 3.83. The molecule has 2 aliphatic heterocycles. The highest BCUT2D eigenvalue weighted by molar-refractivity contribution is 5.66. The van der Waals surface area contributed by atoms with Gasteiger partial charge in [-0.1, -0.05) is 18.6 Å². The van der Waals surface area contributed by atoms with Crippen LogP contribution in [0.3, 0.4) is 0 Å². The molecule has 2 fully saturated rings. The molecule has 0 aromatic carbocycles. The molecule has 0 radical (unpaired) electrons. The number of allylic oxidation sites excluding steroid dienone is 2. The molecule has 0 aromatic heterocycles. The topological polar surface area (TPSA) is 66.8 Å². The van der Waals surface area contributed by atoms with Crippen molar-refractivity contribution in [3.8, 4) is 0 Å². The van der Waals surface area contributed by atoms with Crippen molar-refractivity contribution in [1.82, 2.24) is 0 Å². The van der Waals surface area contributed by atoms with Crippen LogP contribution in [0.25, 0.3) is 0 Å². The average molecular weight is 296 g/mol. The third-order valence-electron chi connectivity index (χ3n) is 4.87. The molecule has 120 valence electrons. The molecule has 21 heavy (non-hydrogen) atoms. The summed E-state index contributed by atoms with van der Waals surface area (Å²) in [4.78, 5) is 10.4. The number of rotatable bonds is 10. The Hall–Kier alpha value is -0.870. The minimum Gasteiger partial charge on any atom is -0.481 e. The molecule has 2 saturated heterocycles. The quantitative estimate of drug-likeness (QED) is 0.480. The summed E-state index contributed by atoms with van der Waals surface area (Å²) < 4.78 is 6.06. The van der Waals surface area contributed by atoms with Crippen LogP contribution in [0.15, 0.2) is 12.2 Å². The van der Waals surface area contributed by atoms with Crippen LogP contribution in [-0.4, -0.2) is 35.0 Å². The largest absolute Gasteiger partial charge is 0.481 e. The van der Waals surface area contributed by atoms with Crippen molar-refractivity contribution in [1.29, 1.82) is 0 Å². The maximum atomic E-state index is 10.4. The lowest BCUT2D eigenvalue weighted by Gasteiger charge is -2.27. The van der Waals surface area contributed by atoms with Crippen LogP contribution in [0.1, 0.15) is 57.8 Å². The van der Waals surface area contributed by atoms with E-state index >= 15 is 0 Å². The standard InChI is InChI=1S/C17H28O4/c18-12-6-5-8-14-13(15-10-11-16(14)21-15)7-3-1-2-4-9-17(19)20/h1,3,13-16,18H,2,4-12H2,(H,19,20)/t13-,14+,15-,16+/m0/s1. The molecule has 4 heteroatoms. The molecular weight excluding hydrogens is 268 g/mol. The fraction of sp³-hybridized carbons (Fsp3) is 0.824. The number of unbranched alkanes of at least 4 members (excludes halogenated alkanes) is 2. The van der Waals surface area contributed by atoms with E-state index < -0.39 is 5.97 Å². The van der Waals surface area contributed by atoms with Crippen LogP contribution in [0, 0.1) is 11.8 Å². The Labute approximate surface area is 127 Å². The van der Waals surface area contributed by atoms with Crippen molar-refractivity contribution in [2.24, 2.45) is 11.8 Å². The van der Waals surface area contributed by atoms with Crippen molar-refractivity contribution in [2.75, 3.05) is 6.61 Å². The first-order valence-corrected chi connectivity index (χ1v) is 8.35. The fourth-order valence-electron chi connectivity index (χ4n) is 3.83. The number of ether oxygens (including phenoxy) is 1. The Kier molecular flexibility index (Phi) is 6.71. The van der Waals surface area contributed by atoms with Crippen molar-refractivity contribution in [3.63, 3.8) is 0 Å². The van der Waals surface area contributed by atoms with E-state index in [1.807, 2.05) is 0 Å². The zero-order chi connectivity index (χ0) is 15.1. The van der Waals surface area contributed by atoms with E-state index in [9.17, 15) is 4.79 Å². The summed E-state index contributed by atoms with van der Waals surface area (Å²) in [6, 6.07) is 0. The molecule has 2 heterocycles. The van der Waals surface area contributed by atoms with Crippen molar-refractivity contribution in [2.45, 2.75) is 70.0 Å². The number of aliphatic carboxylic acids is 1. The van der Waals surface area contributed by atoms with Gasteiger partial charge in [0.25, 0.3) is 0 Å². The summed E-state index contributed by atoms with van der Waals surface area (Å²) in [7, 11) is 0. The van der Waals surface area contributed by atoms with E-state index in [2.05, 4.69) is 12.2 Å². The summed E-state index contributed by atoms with van der Waals surface area (Å²) in [5.74, 6) is 0.561. The molecular formula is C17H28O4. The number of carboxylic acids is 1. The third kappa shape index (κ3) is 4.82. The number of hydrogen-bond donors (Lipinski definition) is 2. The maximum Gasteiger partial charge on any atom is 0.303 e. The van der Waals surface area contributed by atoms with E-state index in [1.165, 1.54) is 19.3 Å². The van der Waals surface area contributed by atoms with Gasteiger partial charge in [0.15, 0.2) is 0 Å². The molecule has 0 saturated carbocycles.